The van der Waals surface area contributed by atoms with Crippen molar-refractivity contribution in [2.24, 2.45) is 0 Å². The number of benzene rings is 2. The Hall–Kier alpha value is -2.85. The molecule has 0 atom stereocenters. The molecule has 3 rings (SSSR count). The van der Waals surface area contributed by atoms with Crippen molar-refractivity contribution in [3.8, 4) is 0 Å². The van der Waals surface area contributed by atoms with Gasteiger partial charge in [-0.25, -0.2) is 0 Å². The number of hydrogen-bond acceptors (Lipinski definition) is 3. The molecule has 5 heteroatoms. The van der Waals surface area contributed by atoms with Crippen LogP contribution in [0.5, 0.6) is 0 Å². The molecule has 26 heavy (non-hydrogen) atoms. The second-order valence-electron chi connectivity index (χ2n) is 6.04. The Morgan fingerprint density at radius 1 is 1.08 bits per heavy atom. The van der Waals surface area contributed by atoms with E-state index in [0.717, 1.165) is 40.5 Å². The van der Waals surface area contributed by atoms with Crippen molar-refractivity contribution in [3.63, 3.8) is 0 Å². The van der Waals surface area contributed by atoms with Crippen LogP contribution in [0.2, 0.25) is 5.02 Å². The third-order valence-electron chi connectivity index (χ3n) is 4.03. The van der Waals surface area contributed by atoms with Gasteiger partial charge >= 0.3 is 0 Å². The van der Waals surface area contributed by atoms with E-state index in [2.05, 4.69) is 15.6 Å². The molecule has 0 saturated heterocycles. The first-order valence-electron chi connectivity index (χ1n) is 8.42. The van der Waals surface area contributed by atoms with Gasteiger partial charge in [-0.2, -0.15) is 0 Å². The van der Waals surface area contributed by atoms with Crippen molar-refractivity contribution >= 4 is 28.9 Å². The van der Waals surface area contributed by atoms with Gasteiger partial charge in [0.15, 0.2) is 0 Å². The zero-order chi connectivity index (χ0) is 18.4. The van der Waals surface area contributed by atoms with Crippen LogP contribution in [0.15, 0.2) is 67.0 Å². The quantitative estimate of drug-likeness (QED) is 0.649. The van der Waals surface area contributed by atoms with E-state index in [-0.39, 0.29) is 5.91 Å². The van der Waals surface area contributed by atoms with E-state index in [1.54, 1.807) is 18.5 Å². The highest BCUT2D eigenvalue weighted by Gasteiger charge is 2.08. The van der Waals surface area contributed by atoms with Crippen LogP contribution < -0.4 is 10.6 Å². The Morgan fingerprint density at radius 3 is 2.73 bits per heavy atom. The van der Waals surface area contributed by atoms with Crippen molar-refractivity contribution in [3.05, 3.63) is 88.7 Å². The van der Waals surface area contributed by atoms with Crippen LogP contribution in [0, 0.1) is 6.92 Å². The van der Waals surface area contributed by atoms with Gasteiger partial charge in [-0.15, -0.1) is 0 Å². The molecule has 0 aliphatic rings. The number of pyridine rings is 1. The fourth-order valence-corrected chi connectivity index (χ4v) is 2.82. The molecule has 0 saturated carbocycles. The van der Waals surface area contributed by atoms with Crippen molar-refractivity contribution < 1.29 is 4.79 Å². The van der Waals surface area contributed by atoms with Gasteiger partial charge in [-0.05, 0) is 48.7 Å². The minimum absolute atomic E-state index is 0.176. The Labute approximate surface area is 158 Å². The highest BCUT2D eigenvalue weighted by molar-refractivity contribution is 6.30. The number of para-hydroxylation sites is 1. The summed E-state index contributed by atoms with van der Waals surface area (Å²) in [6, 6.07) is 17.3. The van der Waals surface area contributed by atoms with Gasteiger partial charge in [0.1, 0.15) is 0 Å². The van der Waals surface area contributed by atoms with Crippen molar-refractivity contribution in [1.82, 2.24) is 4.98 Å². The fraction of sp³-hybridized carbons (Fsp3) is 0.143. The van der Waals surface area contributed by atoms with Gasteiger partial charge in [-0.3, -0.25) is 9.78 Å². The van der Waals surface area contributed by atoms with Gasteiger partial charge in [0.2, 0.25) is 0 Å². The Balaban J connectivity index is 1.60. The largest absolute Gasteiger partial charge is 0.383 e. The third-order valence-corrected chi connectivity index (χ3v) is 4.26. The number of anilines is 2. The summed E-state index contributed by atoms with van der Waals surface area (Å²) in [5, 5.41) is 6.95. The summed E-state index contributed by atoms with van der Waals surface area (Å²) < 4.78 is 0. The topological polar surface area (TPSA) is 54.0 Å². The average Bonchev–Trinajstić information content (AvgIpc) is 2.64. The van der Waals surface area contributed by atoms with Crippen LogP contribution in [0.1, 0.15) is 21.5 Å². The molecule has 132 valence electrons. The molecule has 1 aromatic heterocycles. The summed E-state index contributed by atoms with van der Waals surface area (Å²) in [5.41, 5.74) is 4.30. The van der Waals surface area contributed by atoms with Crippen molar-refractivity contribution in [2.45, 2.75) is 13.3 Å². The fourth-order valence-electron chi connectivity index (χ4n) is 2.61. The zero-order valence-electron chi connectivity index (χ0n) is 14.5. The second kappa shape index (κ2) is 8.50. The number of hydrogen-bond donors (Lipinski definition) is 2. The molecule has 1 amide bonds. The van der Waals surface area contributed by atoms with E-state index in [1.165, 1.54) is 0 Å². The number of aryl methyl sites for hydroxylation is 1. The molecule has 0 unspecified atom stereocenters. The number of nitrogens with zero attached hydrogens (tertiary/aromatic N) is 1. The maximum Gasteiger partial charge on any atom is 0.257 e. The van der Waals surface area contributed by atoms with E-state index in [1.807, 2.05) is 55.5 Å². The molecular formula is C21H20ClN3O. The highest BCUT2D eigenvalue weighted by atomic mass is 35.5. The van der Waals surface area contributed by atoms with Gasteiger partial charge in [-0.1, -0.05) is 41.9 Å². The normalized spacial score (nSPS) is 10.4. The van der Waals surface area contributed by atoms with Crippen LogP contribution in [0.3, 0.4) is 0 Å². The molecule has 0 aliphatic carbocycles. The Kier molecular flexibility index (Phi) is 5.87. The van der Waals surface area contributed by atoms with Crippen LogP contribution in [-0.4, -0.2) is 17.4 Å². The molecule has 0 spiro atoms. The maximum atomic E-state index is 12.5. The lowest BCUT2D eigenvalue weighted by atomic mass is 10.1. The smallest absolute Gasteiger partial charge is 0.257 e. The first-order valence-corrected chi connectivity index (χ1v) is 8.80. The van der Waals surface area contributed by atoms with E-state index >= 15 is 0 Å². The minimum Gasteiger partial charge on any atom is -0.383 e. The van der Waals surface area contributed by atoms with Crippen molar-refractivity contribution in [1.29, 1.82) is 0 Å². The molecule has 2 aromatic carbocycles. The van der Waals surface area contributed by atoms with Gasteiger partial charge < -0.3 is 10.6 Å². The van der Waals surface area contributed by atoms with Gasteiger partial charge in [0.25, 0.3) is 5.91 Å². The maximum absolute atomic E-state index is 12.5. The number of nitrogens with one attached hydrogen (secondary N) is 2. The number of carbonyl (C=O) groups is 1. The zero-order valence-corrected chi connectivity index (χ0v) is 15.3. The SMILES string of the molecule is Cc1ccccc1NC(=O)c1cncc(NCCc2cccc(Cl)c2)c1. The first kappa shape index (κ1) is 18.0. The molecule has 4 nitrogen and oxygen atoms in total. The number of rotatable bonds is 6. The van der Waals surface area contributed by atoms with Crippen LogP contribution in [0.4, 0.5) is 11.4 Å². The first-order chi connectivity index (χ1) is 12.6. The van der Waals surface area contributed by atoms with Crippen LogP contribution >= 0.6 is 11.6 Å². The molecule has 0 bridgehead atoms. The summed E-state index contributed by atoms with van der Waals surface area (Å²) in [6.45, 7) is 2.69. The summed E-state index contributed by atoms with van der Waals surface area (Å²) in [4.78, 5) is 16.6. The Morgan fingerprint density at radius 2 is 1.92 bits per heavy atom. The molecular weight excluding hydrogens is 346 g/mol. The van der Waals surface area contributed by atoms with E-state index in [0.29, 0.717) is 5.56 Å². The van der Waals surface area contributed by atoms with E-state index in [4.69, 9.17) is 11.6 Å². The lowest BCUT2D eigenvalue weighted by molar-refractivity contribution is 0.102. The minimum atomic E-state index is -0.176. The second-order valence-corrected chi connectivity index (χ2v) is 6.47. The summed E-state index contributed by atoms with van der Waals surface area (Å²) >= 11 is 6.00. The van der Waals surface area contributed by atoms with Gasteiger partial charge in [0.05, 0.1) is 11.3 Å². The van der Waals surface area contributed by atoms with E-state index < -0.39 is 0 Å². The summed E-state index contributed by atoms with van der Waals surface area (Å²) in [7, 11) is 0. The third kappa shape index (κ3) is 4.83. The van der Waals surface area contributed by atoms with Gasteiger partial charge in [0, 0.05) is 29.6 Å². The standard InChI is InChI=1S/C21H20ClN3O/c1-15-5-2-3-8-20(15)25-21(26)17-12-19(14-23-13-17)24-10-9-16-6-4-7-18(22)11-16/h2-8,11-14,24H,9-10H2,1H3,(H,25,26). The molecule has 2 N–H and O–H groups in total. The molecule has 0 aliphatic heterocycles. The molecule has 0 radical (unpaired) electrons. The summed E-state index contributed by atoms with van der Waals surface area (Å²) in [6.07, 6.45) is 4.11. The predicted molar refractivity (Wildman–Crippen MR) is 107 cm³/mol. The average molecular weight is 366 g/mol. The van der Waals surface area contributed by atoms with Crippen LogP contribution in [0.25, 0.3) is 0 Å². The molecule has 0 fully saturated rings. The van der Waals surface area contributed by atoms with E-state index in [9.17, 15) is 4.79 Å². The highest BCUT2D eigenvalue weighted by Crippen LogP contribution is 2.16. The predicted octanol–water partition coefficient (Wildman–Crippen LogP) is 4.95. The summed E-state index contributed by atoms with van der Waals surface area (Å²) in [5.74, 6) is -0.176. The van der Waals surface area contributed by atoms with Crippen molar-refractivity contribution in [2.75, 3.05) is 17.2 Å². The Bertz CT molecular complexity index is 911. The lowest BCUT2D eigenvalue weighted by Crippen LogP contribution is -2.14. The molecule has 3 aromatic rings. The monoisotopic (exact) mass is 365 g/mol. The lowest BCUT2D eigenvalue weighted by Gasteiger charge is -2.10. The number of halogens is 1. The number of amides is 1. The number of carbonyl (C=O) groups excluding carboxylic acids is 1. The molecule has 1 heterocycles. The number of aromatic nitrogens is 1. The van der Waals surface area contributed by atoms with Crippen LogP contribution in [-0.2, 0) is 6.42 Å².